The number of nitrogens with zero attached hydrogens (tertiary/aromatic N) is 4. The average Bonchev–Trinajstić information content (AvgIpc) is 4.03. The summed E-state index contributed by atoms with van der Waals surface area (Å²) in [4.78, 5) is 76.7. The summed E-state index contributed by atoms with van der Waals surface area (Å²) in [5, 5.41) is 10.6. The molecule has 2 aliphatic heterocycles. The van der Waals surface area contributed by atoms with Crippen LogP contribution in [-0.2, 0) is 30.4 Å². The number of methoxy groups -OCH3 is 2. The topological polar surface area (TPSA) is 180 Å². The van der Waals surface area contributed by atoms with E-state index < -0.39 is 30.3 Å². The molecule has 306 valence electrons. The molecule has 0 radical (unpaired) electrons. The second kappa shape index (κ2) is 17.7. The van der Waals surface area contributed by atoms with Crippen molar-refractivity contribution in [1.82, 2.24) is 35.0 Å². The van der Waals surface area contributed by atoms with Crippen LogP contribution in [0.4, 0.5) is 15.3 Å². The van der Waals surface area contributed by atoms with E-state index in [0.717, 1.165) is 65.3 Å². The van der Waals surface area contributed by atoms with Gasteiger partial charge in [0.1, 0.15) is 23.9 Å². The van der Waals surface area contributed by atoms with E-state index in [-0.39, 0.29) is 35.6 Å². The number of unbranched alkanes of at least 4 members (excludes halogenated alkanes) is 1. The fourth-order valence-corrected chi connectivity index (χ4v) is 8.15. The molecule has 15 nitrogen and oxygen atoms in total. The van der Waals surface area contributed by atoms with Gasteiger partial charge in [0.25, 0.3) is 0 Å². The van der Waals surface area contributed by atoms with E-state index in [4.69, 9.17) is 14.5 Å². The number of aryl methyl sites for hydroxylation is 1. The molecule has 0 saturated carbocycles. The third-order valence-corrected chi connectivity index (χ3v) is 11.2. The van der Waals surface area contributed by atoms with E-state index in [1.165, 1.54) is 14.2 Å². The Hall–Kier alpha value is -5.60. The highest BCUT2D eigenvalue weighted by molar-refractivity contribution is 6.10. The van der Waals surface area contributed by atoms with Gasteiger partial charge in [0.15, 0.2) is 0 Å². The number of ether oxygens (including phenoxy) is 2. The largest absolute Gasteiger partial charge is 0.453 e. The molecule has 4 aromatic rings. The summed E-state index contributed by atoms with van der Waals surface area (Å²) in [6.07, 6.45) is 5.23. The SMILES string of the molecule is CCCCn1c2cc(NC(=O)[C@@H]3CCCN3C(=O)[C@@H](NC(=O)OC)C(C)C)ccc2c2ccc(-c3cnc([C@@H]4CCCN4C(=O)[C@@H](NC(=O)OC)C(C)C)[nH]3)cc21. The van der Waals surface area contributed by atoms with Crippen molar-refractivity contribution in [2.24, 2.45) is 11.8 Å². The molecule has 6 rings (SSSR count). The summed E-state index contributed by atoms with van der Waals surface area (Å²) >= 11 is 0. The number of amides is 5. The van der Waals surface area contributed by atoms with Crippen molar-refractivity contribution in [3.63, 3.8) is 0 Å². The fourth-order valence-electron chi connectivity index (χ4n) is 8.15. The van der Waals surface area contributed by atoms with Crippen LogP contribution in [0.2, 0.25) is 0 Å². The van der Waals surface area contributed by atoms with Crippen LogP contribution >= 0.6 is 0 Å². The number of aromatic nitrogens is 3. The number of fused-ring (bicyclic) bond motifs is 3. The number of likely N-dealkylation sites (tertiary alicyclic amines) is 2. The first-order valence-electron chi connectivity index (χ1n) is 20.1. The number of aromatic amines is 1. The number of carbonyl (C=O) groups is 5. The van der Waals surface area contributed by atoms with Crippen LogP contribution in [0.3, 0.4) is 0 Å². The van der Waals surface area contributed by atoms with Crippen LogP contribution in [0.1, 0.15) is 85.0 Å². The van der Waals surface area contributed by atoms with Gasteiger partial charge in [-0.1, -0.05) is 59.2 Å². The van der Waals surface area contributed by atoms with Gasteiger partial charge in [0.05, 0.1) is 37.7 Å². The third kappa shape index (κ3) is 8.57. The van der Waals surface area contributed by atoms with Gasteiger partial charge in [-0.15, -0.1) is 0 Å². The zero-order chi connectivity index (χ0) is 41.0. The Bertz CT molecular complexity index is 2120. The second-order valence-corrected chi connectivity index (χ2v) is 15.7. The Morgan fingerprint density at radius 2 is 1.42 bits per heavy atom. The van der Waals surface area contributed by atoms with Crippen LogP contribution in [0.25, 0.3) is 33.1 Å². The molecule has 0 bridgehead atoms. The Kier molecular flexibility index (Phi) is 12.7. The molecule has 2 aromatic heterocycles. The lowest BCUT2D eigenvalue weighted by atomic mass is 10.0. The number of nitrogens with one attached hydrogen (secondary N) is 4. The fraction of sp³-hybridized carbons (Fsp3) is 0.524. The number of rotatable bonds is 13. The Labute approximate surface area is 333 Å². The highest BCUT2D eigenvalue weighted by atomic mass is 16.5. The number of H-pyrrole nitrogens is 1. The molecule has 2 saturated heterocycles. The first-order valence-corrected chi connectivity index (χ1v) is 20.1. The molecular weight excluding hydrogens is 729 g/mol. The number of imidazole rings is 1. The molecule has 4 N–H and O–H groups in total. The summed E-state index contributed by atoms with van der Waals surface area (Å²) < 4.78 is 11.8. The molecular formula is C42H56N8O7. The van der Waals surface area contributed by atoms with Crippen molar-refractivity contribution in [3.05, 3.63) is 48.4 Å². The highest BCUT2D eigenvalue weighted by Gasteiger charge is 2.40. The van der Waals surface area contributed by atoms with Crippen LogP contribution < -0.4 is 16.0 Å². The van der Waals surface area contributed by atoms with Gasteiger partial charge < -0.3 is 44.8 Å². The normalized spacial score (nSPS) is 18.0. The summed E-state index contributed by atoms with van der Waals surface area (Å²) in [6.45, 7) is 11.4. The van der Waals surface area contributed by atoms with Crippen molar-refractivity contribution >= 4 is 57.4 Å². The van der Waals surface area contributed by atoms with Crippen molar-refractivity contribution < 1.29 is 33.4 Å². The quantitative estimate of drug-likeness (QED) is 0.121. The van der Waals surface area contributed by atoms with Gasteiger partial charge in [-0.2, -0.15) is 0 Å². The molecule has 5 amide bonds. The minimum atomic E-state index is -0.810. The lowest BCUT2D eigenvalue weighted by molar-refractivity contribution is -0.139. The van der Waals surface area contributed by atoms with E-state index >= 15 is 0 Å². The van der Waals surface area contributed by atoms with Gasteiger partial charge in [-0.05, 0) is 62.1 Å². The number of hydrogen-bond acceptors (Lipinski definition) is 8. The van der Waals surface area contributed by atoms with Crippen LogP contribution in [-0.4, -0.2) is 99.7 Å². The molecule has 2 fully saturated rings. The van der Waals surface area contributed by atoms with Gasteiger partial charge >= 0.3 is 12.2 Å². The monoisotopic (exact) mass is 784 g/mol. The van der Waals surface area contributed by atoms with Crippen LogP contribution in [0.5, 0.6) is 0 Å². The van der Waals surface area contributed by atoms with Crippen LogP contribution in [0, 0.1) is 11.8 Å². The van der Waals surface area contributed by atoms with E-state index in [9.17, 15) is 24.0 Å². The van der Waals surface area contributed by atoms with E-state index in [1.54, 1.807) is 9.80 Å². The van der Waals surface area contributed by atoms with Gasteiger partial charge in [-0.25, -0.2) is 14.6 Å². The van der Waals surface area contributed by atoms with Crippen molar-refractivity contribution in [3.8, 4) is 11.3 Å². The lowest BCUT2D eigenvalue weighted by Crippen LogP contribution is -2.54. The lowest BCUT2D eigenvalue weighted by Gasteiger charge is -2.30. The molecule has 4 heterocycles. The maximum absolute atomic E-state index is 13.8. The molecule has 2 aliphatic rings. The Morgan fingerprint density at radius 1 is 0.825 bits per heavy atom. The molecule has 0 spiro atoms. The zero-order valence-corrected chi connectivity index (χ0v) is 34.0. The summed E-state index contributed by atoms with van der Waals surface area (Å²) in [5.41, 5.74) is 4.45. The maximum Gasteiger partial charge on any atom is 0.407 e. The highest BCUT2D eigenvalue weighted by Crippen LogP contribution is 2.36. The molecule has 0 unspecified atom stereocenters. The predicted molar refractivity (Wildman–Crippen MR) is 217 cm³/mol. The van der Waals surface area contributed by atoms with Crippen molar-refractivity contribution in [2.75, 3.05) is 32.6 Å². The number of hydrogen-bond donors (Lipinski definition) is 4. The van der Waals surface area contributed by atoms with Crippen molar-refractivity contribution in [1.29, 1.82) is 0 Å². The predicted octanol–water partition coefficient (Wildman–Crippen LogP) is 6.34. The Morgan fingerprint density at radius 3 is 2.05 bits per heavy atom. The number of benzene rings is 2. The minimum absolute atomic E-state index is 0.127. The average molecular weight is 785 g/mol. The number of carbonyl (C=O) groups excluding carboxylic acids is 5. The van der Waals surface area contributed by atoms with Gasteiger partial charge in [0.2, 0.25) is 17.7 Å². The van der Waals surface area contributed by atoms with E-state index in [2.05, 4.69) is 50.6 Å². The van der Waals surface area contributed by atoms with Crippen molar-refractivity contribution in [2.45, 2.75) is 104 Å². The smallest absolute Gasteiger partial charge is 0.407 e. The van der Waals surface area contributed by atoms with E-state index in [0.29, 0.717) is 37.4 Å². The second-order valence-electron chi connectivity index (χ2n) is 15.7. The third-order valence-electron chi connectivity index (χ3n) is 11.2. The Balaban J connectivity index is 1.25. The van der Waals surface area contributed by atoms with Gasteiger partial charge in [-0.3, -0.25) is 14.4 Å². The number of anilines is 1. The minimum Gasteiger partial charge on any atom is -0.453 e. The number of alkyl carbamates (subject to hydrolysis) is 2. The first kappa shape index (κ1) is 41.0. The molecule has 4 atom stereocenters. The van der Waals surface area contributed by atoms with Gasteiger partial charge in [0, 0.05) is 47.2 Å². The zero-order valence-electron chi connectivity index (χ0n) is 34.0. The molecule has 2 aromatic carbocycles. The summed E-state index contributed by atoms with van der Waals surface area (Å²) in [6, 6.07) is 9.83. The summed E-state index contributed by atoms with van der Waals surface area (Å²) in [7, 11) is 2.54. The maximum atomic E-state index is 13.8. The summed E-state index contributed by atoms with van der Waals surface area (Å²) in [5.74, 6) is -0.349. The van der Waals surface area contributed by atoms with E-state index in [1.807, 2.05) is 52.1 Å². The van der Waals surface area contributed by atoms with Crippen LogP contribution in [0.15, 0.2) is 42.6 Å². The molecule has 0 aliphatic carbocycles. The standard InChI is InChI=1S/C42H56N8O7/c1-8-9-18-48-33-21-26(30-23-43-37(45-30)31-12-10-19-49(31)39(52)35(24(2)3)46-41(54)56-6)14-16-28(33)29-17-15-27(22-34(29)48)44-38(51)32-13-11-20-50(32)40(53)36(25(4)5)47-42(55)57-7/h14-17,21-25,31-32,35-36H,8-13,18-20H2,1-7H3,(H,43,45)(H,44,51)(H,46,54)(H,47,55)/t31-,32-,35-,36-/m0/s1. The molecule has 15 heteroatoms. The molecule has 57 heavy (non-hydrogen) atoms. The first-order chi connectivity index (χ1) is 27.4.